The van der Waals surface area contributed by atoms with Gasteiger partial charge in [-0.25, -0.2) is 20.1 Å². The second-order valence-corrected chi connectivity index (χ2v) is 10.6. The van der Waals surface area contributed by atoms with Gasteiger partial charge in [-0.05, 0) is 54.3 Å². The van der Waals surface area contributed by atoms with Gasteiger partial charge in [0.15, 0.2) is 12.6 Å². The van der Waals surface area contributed by atoms with E-state index in [4.69, 9.17) is 23.8 Å². The number of aromatic nitrogens is 3. The van der Waals surface area contributed by atoms with Gasteiger partial charge in [0.2, 0.25) is 6.29 Å². The Hall–Kier alpha value is -5.01. The van der Waals surface area contributed by atoms with Crippen molar-refractivity contribution in [3.8, 4) is 17.1 Å². The fraction of sp³-hybridized carbons (Fsp3) is 0.265. The molecule has 0 saturated heterocycles. The first-order valence-electron chi connectivity index (χ1n) is 14.9. The number of esters is 1. The topological polar surface area (TPSA) is 131 Å². The maximum atomic E-state index is 13.4. The number of aliphatic hydroxyl groups is 1. The predicted molar refractivity (Wildman–Crippen MR) is 170 cm³/mol. The summed E-state index contributed by atoms with van der Waals surface area (Å²) < 4.78 is 26.5. The van der Waals surface area contributed by atoms with Crippen LogP contribution in [0.1, 0.15) is 40.9 Å². The van der Waals surface area contributed by atoms with E-state index in [2.05, 4.69) is 15.5 Å². The summed E-state index contributed by atoms with van der Waals surface area (Å²) in [5.41, 5.74) is 8.90. The molecule has 5 aromatic rings. The summed E-state index contributed by atoms with van der Waals surface area (Å²) in [5.74, 6) is -0.0906. The highest BCUT2D eigenvalue weighted by molar-refractivity contribution is 6.04. The average molecular weight is 626 g/mol. The van der Waals surface area contributed by atoms with Gasteiger partial charge in [0.05, 0.1) is 36.4 Å². The number of carbonyl (C=O) groups excluding carboxylic acids is 1. The van der Waals surface area contributed by atoms with Crippen LogP contribution in [0.15, 0.2) is 90.2 Å². The average Bonchev–Trinajstić information content (AvgIpc) is 3.78. The molecule has 3 aromatic carbocycles. The van der Waals surface area contributed by atoms with Gasteiger partial charge in [-0.15, -0.1) is 0 Å². The zero-order valence-electron chi connectivity index (χ0n) is 25.8. The zero-order valence-corrected chi connectivity index (χ0v) is 25.8. The molecule has 0 bridgehead atoms. The summed E-state index contributed by atoms with van der Waals surface area (Å²) in [4.78, 5) is 27.1. The minimum Gasteiger partial charge on any atom is -0.465 e. The summed E-state index contributed by atoms with van der Waals surface area (Å²) in [7, 11) is 1.94. The number of amidine groups is 1. The number of benzene rings is 3. The lowest BCUT2D eigenvalue weighted by Crippen LogP contribution is -2.20. The van der Waals surface area contributed by atoms with E-state index < -0.39 is 18.7 Å². The van der Waals surface area contributed by atoms with Crippen LogP contribution in [0.25, 0.3) is 22.2 Å². The number of nitrogens with one attached hydrogen (secondary N) is 1. The molecule has 0 amide bonds. The third-order valence-electron chi connectivity index (χ3n) is 7.33. The molecule has 0 spiro atoms. The number of hydroxylamine groups is 1. The van der Waals surface area contributed by atoms with Crippen molar-refractivity contribution in [3.63, 3.8) is 0 Å². The summed E-state index contributed by atoms with van der Waals surface area (Å²) in [5, 5.41) is 9.66. The number of nitrogens with zero attached hydrogens (tertiary/aromatic N) is 4. The van der Waals surface area contributed by atoms with E-state index in [1.54, 1.807) is 19.1 Å². The first-order chi connectivity index (χ1) is 22.4. The highest BCUT2D eigenvalue weighted by Crippen LogP contribution is 2.29. The molecular weight excluding hydrogens is 590 g/mol. The number of rotatable bonds is 13. The molecule has 46 heavy (non-hydrogen) atoms. The van der Waals surface area contributed by atoms with Crippen LogP contribution in [0.5, 0.6) is 6.01 Å². The van der Waals surface area contributed by atoms with Gasteiger partial charge in [-0.3, -0.25) is 4.57 Å². The molecule has 0 saturated carbocycles. The minimum absolute atomic E-state index is 0.0270. The van der Waals surface area contributed by atoms with Crippen molar-refractivity contribution in [1.29, 1.82) is 0 Å². The highest BCUT2D eigenvalue weighted by atomic mass is 16.8. The summed E-state index contributed by atoms with van der Waals surface area (Å²) in [6, 6.07) is 23.4. The number of hydrogen-bond donors (Lipinski definition) is 2. The van der Waals surface area contributed by atoms with E-state index >= 15 is 0 Å². The largest absolute Gasteiger partial charge is 0.465 e. The SMILES string of the molecule is CCOc1nc2cccc(C(=O)OC(C)OCOCc3ccn(C)c3)c2n1Cc1ccc(-c2ccccc2C2=NC(O)ON2)cc1. The molecule has 1 aliphatic heterocycles. The van der Waals surface area contributed by atoms with E-state index in [0.717, 1.165) is 27.8 Å². The molecule has 0 fully saturated rings. The van der Waals surface area contributed by atoms with Crippen LogP contribution in [0.3, 0.4) is 0 Å². The lowest BCUT2D eigenvalue weighted by Gasteiger charge is -2.16. The number of hydrogen-bond acceptors (Lipinski definition) is 10. The van der Waals surface area contributed by atoms with E-state index in [1.807, 2.05) is 96.2 Å². The summed E-state index contributed by atoms with van der Waals surface area (Å²) >= 11 is 0. The normalized spacial score (nSPS) is 15.0. The molecule has 2 unspecified atom stereocenters. The van der Waals surface area contributed by atoms with Crippen molar-refractivity contribution in [1.82, 2.24) is 19.6 Å². The second kappa shape index (κ2) is 14.0. The van der Waals surface area contributed by atoms with Gasteiger partial charge in [-0.2, -0.15) is 4.98 Å². The molecule has 0 aliphatic carbocycles. The summed E-state index contributed by atoms with van der Waals surface area (Å²) in [6.45, 7) is 4.70. The lowest BCUT2D eigenvalue weighted by molar-refractivity contribution is -0.166. The monoisotopic (exact) mass is 625 g/mol. The van der Waals surface area contributed by atoms with Gasteiger partial charge in [0, 0.05) is 25.0 Å². The van der Waals surface area contributed by atoms with E-state index in [0.29, 0.717) is 48.2 Å². The molecular formula is C34H35N5O7. The molecule has 2 aromatic heterocycles. The molecule has 12 nitrogen and oxygen atoms in total. The number of imidazole rings is 1. The predicted octanol–water partition coefficient (Wildman–Crippen LogP) is 4.74. The van der Waals surface area contributed by atoms with Crippen LogP contribution in [-0.2, 0) is 39.2 Å². The molecule has 3 heterocycles. The zero-order chi connectivity index (χ0) is 32.0. The Morgan fingerprint density at radius 3 is 2.57 bits per heavy atom. The van der Waals surface area contributed by atoms with E-state index in [1.165, 1.54) is 0 Å². The number of ether oxygens (including phenoxy) is 4. The third kappa shape index (κ3) is 6.95. The number of carbonyl (C=O) groups is 1. The molecule has 6 rings (SSSR count). The smallest absolute Gasteiger partial charge is 0.342 e. The molecule has 1 aliphatic rings. The van der Waals surface area contributed by atoms with E-state index in [-0.39, 0.29) is 6.79 Å². The number of fused-ring (bicyclic) bond motifs is 1. The van der Waals surface area contributed by atoms with Gasteiger partial charge in [-0.1, -0.05) is 54.6 Å². The van der Waals surface area contributed by atoms with Crippen molar-refractivity contribution in [2.75, 3.05) is 13.4 Å². The van der Waals surface area contributed by atoms with Gasteiger partial charge in [0.25, 0.3) is 12.4 Å². The quantitative estimate of drug-likeness (QED) is 0.108. The van der Waals surface area contributed by atoms with Crippen LogP contribution in [-0.4, -0.2) is 57.1 Å². The Morgan fingerprint density at radius 2 is 1.85 bits per heavy atom. The minimum atomic E-state index is -1.24. The number of aryl methyl sites for hydroxylation is 1. The number of para-hydroxylation sites is 1. The molecule has 12 heteroatoms. The Morgan fingerprint density at radius 1 is 1.04 bits per heavy atom. The van der Waals surface area contributed by atoms with Crippen LogP contribution in [0, 0.1) is 0 Å². The van der Waals surface area contributed by atoms with Gasteiger partial charge in [0.1, 0.15) is 0 Å². The van der Waals surface area contributed by atoms with Crippen molar-refractivity contribution >= 4 is 22.8 Å². The highest BCUT2D eigenvalue weighted by Gasteiger charge is 2.23. The van der Waals surface area contributed by atoms with Crippen LogP contribution < -0.4 is 10.2 Å². The van der Waals surface area contributed by atoms with Crippen molar-refractivity contribution in [2.24, 2.45) is 12.0 Å². The van der Waals surface area contributed by atoms with Gasteiger partial charge >= 0.3 is 5.97 Å². The van der Waals surface area contributed by atoms with Crippen LogP contribution in [0.2, 0.25) is 0 Å². The Bertz CT molecular complexity index is 1850. The maximum Gasteiger partial charge on any atom is 0.342 e. The fourth-order valence-electron chi connectivity index (χ4n) is 5.22. The first kappa shape index (κ1) is 31.0. The van der Waals surface area contributed by atoms with E-state index in [9.17, 15) is 9.90 Å². The maximum absolute atomic E-state index is 13.4. The fourth-order valence-corrected chi connectivity index (χ4v) is 5.22. The second-order valence-electron chi connectivity index (χ2n) is 10.6. The Kier molecular flexibility index (Phi) is 9.41. The Balaban J connectivity index is 1.19. The van der Waals surface area contributed by atoms with Crippen molar-refractivity contribution in [3.05, 3.63) is 107 Å². The standard InChI is InChI=1S/C34H35N5O7/c1-4-43-33-35-29-11-7-10-28(32(40)45-22(2)44-21-42-20-24-16-17-38(3)18-24)30(29)39(33)19-23-12-14-25(15-13-23)26-8-5-6-9-27(26)31-36-34(41)46-37-31/h5-18,22,34,41H,4,19-21H2,1-3H3,(H,36,37). The number of aliphatic imine (C=N–C) groups is 1. The first-order valence-corrected chi connectivity index (χ1v) is 14.9. The number of aliphatic hydroxyl groups excluding tert-OH is 1. The summed E-state index contributed by atoms with van der Waals surface area (Å²) in [6.07, 6.45) is 1.82. The Labute approximate surface area is 265 Å². The molecule has 2 N–H and O–H groups in total. The molecule has 2 atom stereocenters. The van der Waals surface area contributed by atoms with Crippen LogP contribution in [0.4, 0.5) is 0 Å². The van der Waals surface area contributed by atoms with Crippen molar-refractivity contribution in [2.45, 2.75) is 39.7 Å². The lowest BCUT2D eigenvalue weighted by atomic mass is 9.98. The molecule has 238 valence electrons. The molecule has 0 radical (unpaired) electrons. The van der Waals surface area contributed by atoms with Gasteiger partial charge < -0.3 is 28.6 Å². The third-order valence-corrected chi connectivity index (χ3v) is 7.33. The van der Waals surface area contributed by atoms with Crippen LogP contribution >= 0.6 is 0 Å². The van der Waals surface area contributed by atoms with Crippen molar-refractivity contribution < 1.29 is 33.7 Å².